The van der Waals surface area contributed by atoms with Crippen LogP contribution < -0.4 is 0 Å². The third-order valence-electron chi connectivity index (χ3n) is 21.2. The van der Waals surface area contributed by atoms with Crippen molar-refractivity contribution in [2.45, 2.75) is 193 Å². The van der Waals surface area contributed by atoms with Gasteiger partial charge in [0.25, 0.3) is 0 Å². The van der Waals surface area contributed by atoms with Gasteiger partial charge >= 0.3 is 11.9 Å². The van der Waals surface area contributed by atoms with E-state index in [-0.39, 0.29) is 121 Å². The summed E-state index contributed by atoms with van der Waals surface area (Å²) in [4.78, 5) is 24.9. The van der Waals surface area contributed by atoms with Crippen LogP contribution in [0.2, 0.25) is 0 Å². The molecule has 3 unspecified atom stereocenters. The molecule has 0 aromatic rings. The maximum absolute atomic E-state index is 13.6. The smallest absolute Gasteiger partial charge is 0.306 e. The molecule has 0 saturated heterocycles. The number of carboxylic acids is 1. The maximum Gasteiger partial charge on any atom is 0.306 e. The van der Waals surface area contributed by atoms with Crippen LogP contribution in [0.1, 0.15) is 157 Å². The molecule has 0 bridgehead atoms. The van der Waals surface area contributed by atoms with Crippen LogP contribution in [0.4, 0.5) is 0 Å². The second-order valence-electron chi connectivity index (χ2n) is 23.6. The number of rotatable bonds is 9. The molecule has 0 aliphatic heterocycles. The van der Waals surface area contributed by atoms with Gasteiger partial charge < -0.3 is 50.7 Å². The number of carbonyl (C=O) groups excluding carboxylic acids is 1. The van der Waals surface area contributed by atoms with E-state index in [0.29, 0.717) is 51.4 Å². The molecule has 60 heavy (non-hydrogen) atoms. The molecule has 8 fully saturated rings. The zero-order valence-corrected chi connectivity index (χ0v) is 37.1. The zero-order chi connectivity index (χ0) is 43.7. The van der Waals surface area contributed by atoms with Gasteiger partial charge in [-0.2, -0.15) is 0 Å². The van der Waals surface area contributed by atoms with Crippen LogP contribution in [0.15, 0.2) is 0 Å². The third kappa shape index (κ3) is 6.87. The Morgan fingerprint density at radius 3 is 2.00 bits per heavy atom. The summed E-state index contributed by atoms with van der Waals surface area (Å²) >= 11 is 0. The van der Waals surface area contributed by atoms with E-state index in [1.807, 2.05) is 6.92 Å². The summed E-state index contributed by atoms with van der Waals surface area (Å²) in [5.41, 5.74) is -2.00. The van der Waals surface area contributed by atoms with Crippen LogP contribution in [0.25, 0.3) is 0 Å². The summed E-state index contributed by atoms with van der Waals surface area (Å²) in [5, 5.41) is 102. The minimum atomic E-state index is -2.09. The average Bonchev–Trinajstić information content (AvgIpc) is 3.70. The molecule has 0 heterocycles. The number of esters is 1. The van der Waals surface area contributed by atoms with Crippen molar-refractivity contribution in [2.75, 3.05) is 0 Å². The molecule has 19 atom stereocenters. The first-order valence-corrected chi connectivity index (χ1v) is 23.9. The topological polar surface area (TPSA) is 225 Å². The minimum Gasteiger partial charge on any atom is -0.481 e. The van der Waals surface area contributed by atoms with Gasteiger partial charge in [0.05, 0.1) is 12.2 Å². The maximum atomic E-state index is 13.6. The van der Waals surface area contributed by atoms with Crippen LogP contribution in [0.3, 0.4) is 0 Å². The molecule has 0 aromatic carbocycles. The first-order valence-electron chi connectivity index (χ1n) is 23.9. The Bertz CT molecular complexity index is 1650. The molecule has 0 radical (unpaired) electrons. The first kappa shape index (κ1) is 45.2. The lowest BCUT2D eigenvalue weighted by Crippen LogP contribution is -2.70. The summed E-state index contributed by atoms with van der Waals surface area (Å²) in [5.74, 6) is -8.17. The molecule has 0 spiro atoms. The van der Waals surface area contributed by atoms with E-state index in [1.54, 1.807) is 0 Å². The number of aliphatic carboxylic acids is 1. The average molecular weight is 847 g/mol. The van der Waals surface area contributed by atoms with Gasteiger partial charge in [0.2, 0.25) is 0 Å². The Morgan fingerprint density at radius 1 is 0.667 bits per heavy atom. The van der Waals surface area contributed by atoms with E-state index < -0.39 is 58.2 Å². The van der Waals surface area contributed by atoms with Gasteiger partial charge in [-0.05, 0) is 158 Å². The highest BCUT2D eigenvalue weighted by Crippen LogP contribution is 2.73. The fourth-order valence-electron chi connectivity index (χ4n) is 17.7. The predicted octanol–water partition coefficient (Wildman–Crippen LogP) is 5.34. The molecule has 0 aromatic heterocycles. The van der Waals surface area contributed by atoms with Gasteiger partial charge in [-0.3, -0.25) is 9.59 Å². The normalized spacial score (nSPS) is 50.7. The molecule has 8 saturated carbocycles. The second kappa shape index (κ2) is 15.1. The highest BCUT2D eigenvalue weighted by molar-refractivity contribution is 5.69. The second-order valence-corrected chi connectivity index (χ2v) is 23.6. The van der Waals surface area contributed by atoms with Gasteiger partial charge in [-0.15, -0.1) is 0 Å². The third-order valence-corrected chi connectivity index (χ3v) is 21.2. The number of carboxylic acid groups (broad SMARTS) is 1. The highest BCUT2D eigenvalue weighted by atomic mass is 16.5. The Balaban J connectivity index is 0.888. The fourth-order valence-corrected chi connectivity index (χ4v) is 17.7. The standard InChI is InChI=1S/C48H78O12/c1-25(7-13-38(51)52)30-9-11-32-40-34(21-37(50)44(30,32)5)42(3)16-15-29(19-27(42)20-36(40)49)60-39(53)14-8-26(2)31-10-12-33-41-35(24-48(58,59)45(31,33)6)43(4)17-18-46(54,55)22-28(43)23-47(41,56)57/h25-37,40-41,49-50,54-59H,7-24H2,1-6H3,(H,51,52)/t25-,26-,27+,28+,29-,30-,31-,32+,33?,34+,35?,36-,37+,40+,41?,42+,43+,44-,45-/m1/s1. The number of hydrogen-bond donors (Lipinski definition) is 9. The van der Waals surface area contributed by atoms with Gasteiger partial charge in [0, 0.05) is 49.9 Å². The Hall–Kier alpha value is -1.38. The lowest BCUT2D eigenvalue weighted by molar-refractivity contribution is -0.372. The lowest BCUT2D eigenvalue weighted by atomic mass is 9.41. The molecule has 9 N–H and O–H groups in total. The monoisotopic (exact) mass is 847 g/mol. The van der Waals surface area contributed by atoms with E-state index in [0.717, 1.165) is 25.7 Å². The molecule has 12 heteroatoms. The van der Waals surface area contributed by atoms with E-state index in [4.69, 9.17) is 4.74 Å². The number of carbonyl (C=O) groups is 2. The Labute approximate surface area is 356 Å². The van der Waals surface area contributed by atoms with Crippen molar-refractivity contribution in [3.05, 3.63) is 0 Å². The van der Waals surface area contributed by atoms with Crippen LogP contribution in [0.5, 0.6) is 0 Å². The quantitative estimate of drug-likeness (QED) is 0.106. The summed E-state index contributed by atoms with van der Waals surface area (Å²) in [6.45, 7) is 12.6. The number of aliphatic hydroxyl groups excluding tert-OH is 2. The number of hydrogen-bond acceptors (Lipinski definition) is 11. The Kier molecular flexibility index (Phi) is 11.4. The lowest BCUT2D eigenvalue weighted by Gasteiger charge is -2.67. The van der Waals surface area contributed by atoms with Gasteiger partial charge in [-0.25, -0.2) is 0 Å². The molecule has 342 valence electrons. The number of fused-ring (bicyclic) bond motifs is 10. The largest absolute Gasteiger partial charge is 0.481 e. The van der Waals surface area contributed by atoms with E-state index in [1.165, 1.54) is 0 Å². The van der Waals surface area contributed by atoms with Crippen LogP contribution in [-0.2, 0) is 14.3 Å². The number of aliphatic hydroxyl groups is 8. The molecule has 12 nitrogen and oxygen atoms in total. The molecular formula is C48H78O12. The molecule has 8 aliphatic carbocycles. The van der Waals surface area contributed by atoms with Gasteiger partial charge in [0.15, 0.2) is 17.4 Å². The summed E-state index contributed by atoms with van der Waals surface area (Å²) in [6, 6.07) is 0. The summed E-state index contributed by atoms with van der Waals surface area (Å²) in [6.07, 6.45) is 7.41. The van der Waals surface area contributed by atoms with Crippen LogP contribution in [0, 0.1) is 92.7 Å². The minimum absolute atomic E-state index is 0.0106. The van der Waals surface area contributed by atoms with Crippen molar-refractivity contribution in [2.24, 2.45) is 92.7 Å². The highest BCUT2D eigenvalue weighted by Gasteiger charge is 2.73. The molecule has 8 rings (SSSR count). The van der Waals surface area contributed by atoms with Crippen LogP contribution in [-0.4, -0.2) is 93.6 Å². The van der Waals surface area contributed by atoms with Crippen LogP contribution >= 0.6 is 0 Å². The first-order chi connectivity index (χ1) is 27.8. The number of ether oxygens (including phenoxy) is 1. The molecule has 8 aliphatic rings. The molecule has 0 amide bonds. The van der Waals surface area contributed by atoms with Crippen molar-refractivity contribution in [1.29, 1.82) is 0 Å². The summed E-state index contributed by atoms with van der Waals surface area (Å²) in [7, 11) is 0. The zero-order valence-electron chi connectivity index (χ0n) is 37.1. The van der Waals surface area contributed by atoms with Gasteiger partial charge in [0.1, 0.15) is 6.10 Å². The molecular weight excluding hydrogens is 769 g/mol. The summed E-state index contributed by atoms with van der Waals surface area (Å²) < 4.78 is 6.19. The van der Waals surface area contributed by atoms with Crippen molar-refractivity contribution >= 4 is 11.9 Å². The van der Waals surface area contributed by atoms with Crippen molar-refractivity contribution in [3.8, 4) is 0 Å². The van der Waals surface area contributed by atoms with Gasteiger partial charge in [-0.1, -0.05) is 41.5 Å². The van der Waals surface area contributed by atoms with E-state index >= 15 is 0 Å². The Morgan fingerprint density at radius 2 is 1.30 bits per heavy atom. The van der Waals surface area contributed by atoms with Crippen molar-refractivity contribution in [3.63, 3.8) is 0 Å². The van der Waals surface area contributed by atoms with E-state index in [2.05, 4.69) is 34.6 Å². The SMILES string of the molecule is C[C@H](CCC(=O)O)[C@H]1CC[C@H]2[C@@H]3[C@H](O)C[C@@H]4C[C@H](OC(=O)CC[C@@H](C)[C@H]5CCC6C7C(CC(O)(O)[C@@]65C)[C@@]5(C)CCC(O)(O)C[C@H]5CC7(O)O)CC[C@]4(C)[C@H]3C[C@H](O)[C@]12C. The van der Waals surface area contributed by atoms with Crippen molar-refractivity contribution < 1.29 is 60.3 Å². The van der Waals surface area contributed by atoms with Crippen molar-refractivity contribution in [1.82, 2.24) is 0 Å². The predicted molar refractivity (Wildman–Crippen MR) is 220 cm³/mol. The van der Waals surface area contributed by atoms with E-state index in [9.17, 15) is 55.5 Å². The fraction of sp³-hybridized carbons (Fsp3) is 0.958.